The average molecular weight is 582 g/mol. The second kappa shape index (κ2) is 10.3. The number of hydrogen-bond acceptors (Lipinski definition) is 7. The Morgan fingerprint density at radius 1 is 1.07 bits per heavy atom. The van der Waals surface area contributed by atoms with Crippen LogP contribution in [-0.4, -0.2) is 39.0 Å². The number of sulfonamides is 1. The van der Waals surface area contributed by atoms with Crippen molar-refractivity contribution in [2.75, 3.05) is 22.8 Å². The summed E-state index contributed by atoms with van der Waals surface area (Å²) < 4.78 is 33.8. The molecule has 0 saturated heterocycles. The summed E-state index contributed by atoms with van der Waals surface area (Å²) in [5.74, 6) is -0.895. The van der Waals surface area contributed by atoms with E-state index in [0.717, 1.165) is 28.8 Å². The molecule has 2 aliphatic heterocycles. The first kappa shape index (κ1) is 28.3. The van der Waals surface area contributed by atoms with Crippen molar-refractivity contribution in [1.29, 1.82) is 0 Å². The van der Waals surface area contributed by atoms with E-state index in [-0.39, 0.29) is 22.6 Å². The number of benzene rings is 2. The molecule has 0 atom stereocenters. The minimum atomic E-state index is -3.79. The van der Waals surface area contributed by atoms with Crippen LogP contribution in [0.25, 0.3) is 0 Å². The summed E-state index contributed by atoms with van der Waals surface area (Å²) in [6.45, 7) is 10.7. The smallest absolute Gasteiger partial charge is 0.341 e. The third kappa shape index (κ3) is 5.15. The van der Waals surface area contributed by atoms with Crippen molar-refractivity contribution >= 4 is 43.9 Å². The average Bonchev–Trinajstić information content (AvgIpc) is 3.25. The van der Waals surface area contributed by atoms with E-state index >= 15 is 0 Å². The zero-order valence-corrected chi connectivity index (χ0v) is 25.1. The number of rotatable bonds is 6. The molecule has 0 fully saturated rings. The standard InChI is InChI=1S/C30H35N3O5S2/c1-6-38-28(35)24-22-18-29(2,3)32-30(4,5)25(22)39-27(24)31-26(34)20-13-15-21(16-14-20)40(36,37)33-17-9-11-19-10-7-8-12-23(19)33/h7-8,10,12-16,32H,6,9,11,17-18H2,1-5H3,(H,31,34). The molecule has 3 aromatic rings. The molecule has 1 amide bonds. The van der Waals surface area contributed by atoms with E-state index < -0.39 is 27.4 Å². The SMILES string of the molecule is CCOC(=O)c1c(NC(=O)c2ccc(S(=O)(=O)N3CCCc4ccccc43)cc2)sc2c1CC(C)(C)NC2(C)C. The number of aryl methyl sites for hydroxylation is 1. The van der Waals surface area contributed by atoms with Gasteiger partial charge in [0.15, 0.2) is 0 Å². The Kier molecular flexibility index (Phi) is 7.31. The number of para-hydroxylation sites is 1. The van der Waals surface area contributed by atoms with Gasteiger partial charge < -0.3 is 15.4 Å². The van der Waals surface area contributed by atoms with Gasteiger partial charge in [0.05, 0.1) is 22.8 Å². The van der Waals surface area contributed by atoms with E-state index in [0.29, 0.717) is 29.2 Å². The Morgan fingerprint density at radius 3 is 2.48 bits per heavy atom. The first-order valence-electron chi connectivity index (χ1n) is 13.5. The summed E-state index contributed by atoms with van der Waals surface area (Å²) >= 11 is 1.37. The molecule has 5 rings (SSSR count). The van der Waals surface area contributed by atoms with E-state index in [1.54, 1.807) is 6.92 Å². The fraction of sp³-hybridized carbons (Fsp3) is 0.400. The number of anilines is 2. The van der Waals surface area contributed by atoms with Crippen LogP contribution in [0.1, 0.15) is 77.8 Å². The van der Waals surface area contributed by atoms with Gasteiger partial charge in [0.25, 0.3) is 15.9 Å². The second-order valence-electron chi connectivity index (χ2n) is 11.4. The third-order valence-corrected chi connectivity index (χ3v) is 10.6. The first-order chi connectivity index (χ1) is 18.8. The van der Waals surface area contributed by atoms with Gasteiger partial charge >= 0.3 is 5.97 Å². The zero-order chi connectivity index (χ0) is 28.9. The fourth-order valence-electron chi connectivity index (χ4n) is 5.86. The molecule has 10 heteroatoms. The van der Waals surface area contributed by atoms with Crippen LogP contribution in [0, 0.1) is 0 Å². The highest BCUT2D eigenvalue weighted by atomic mass is 32.2. The molecule has 0 aliphatic carbocycles. The van der Waals surface area contributed by atoms with Gasteiger partial charge in [-0.15, -0.1) is 11.3 Å². The topological polar surface area (TPSA) is 105 Å². The molecule has 3 heterocycles. The van der Waals surface area contributed by atoms with Crippen LogP contribution in [0.2, 0.25) is 0 Å². The minimum absolute atomic E-state index is 0.120. The zero-order valence-electron chi connectivity index (χ0n) is 23.5. The normalized spacial score (nSPS) is 17.5. The maximum absolute atomic E-state index is 13.5. The molecule has 2 aromatic carbocycles. The van der Waals surface area contributed by atoms with Crippen LogP contribution in [0.5, 0.6) is 0 Å². The van der Waals surface area contributed by atoms with Crippen molar-refractivity contribution in [3.05, 3.63) is 75.7 Å². The maximum atomic E-state index is 13.5. The summed E-state index contributed by atoms with van der Waals surface area (Å²) in [5, 5.41) is 6.97. The number of carbonyl (C=O) groups is 2. The first-order valence-corrected chi connectivity index (χ1v) is 15.7. The summed E-state index contributed by atoms with van der Waals surface area (Å²) in [5.41, 5.74) is 2.61. The Bertz CT molecular complexity index is 1570. The van der Waals surface area contributed by atoms with Crippen LogP contribution in [0.15, 0.2) is 53.4 Å². The predicted molar refractivity (Wildman–Crippen MR) is 158 cm³/mol. The minimum Gasteiger partial charge on any atom is -0.462 e. The quantitative estimate of drug-likeness (QED) is 0.374. The molecule has 40 heavy (non-hydrogen) atoms. The molecule has 8 nitrogen and oxygen atoms in total. The van der Waals surface area contributed by atoms with Gasteiger partial charge in [-0.25, -0.2) is 13.2 Å². The Morgan fingerprint density at radius 2 is 1.77 bits per heavy atom. The number of nitrogens with one attached hydrogen (secondary N) is 2. The highest BCUT2D eigenvalue weighted by Crippen LogP contribution is 2.45. The van der Waals surface area contributed by atoms with Crippen molar-refractivity contribution in [2.24, 2.45) is 0 Å². The molecular formula is C30H35N3O5S2. The largest absolute Gasteiger partial charge is 0.462 e. The molecule has 0 saturated carbocycles. The summed E-state index contributed by atoms with van der Waals surface area (Å²) in [6.07, 6.45) is 2.19. The lowest BCUT2D eigenvalue weighted by molar-refractivity contribution is 0.0525. The Labute approximate surface area is 239 Å². The van der Waals surface area contributed by atoms with E-state index in [9.17, 15) is 18.0 Å². The van der Waals surface area contributed by atoms with Crippen molar-refractivity contribution in [3.8, 4) is 0 Å². The molecule has 0 bridgehead atoms. The molecular weight excluding hydrogens is 546 g/mol. The predicted octanol–water partition coefficient (Wildman–Crippen LogP) is 5.48. The lowest BCUT2D eigenvalue weighted by Crippen LogP contribution is -2.55. The van der Waals surface area contributed by atoms with Gasteiger partial charge in [-0.05, 0) is 95.3 Å². The summed E-state index contributed by atoms with van der Waals surface area (Å²) in [7, 11) is -3.79. The highest BCUT2D eigenvalue weighted by Gasteiger charge is 2.42. The van der Waals surface area contributed by atoms with Crippen LogP contribution < -0.4 is 14.9 Å². The van der Waals surface area contributed by atoms with Crippen LogP contribution in [0.4, 0.5) is 10.7 Å². The van der Waals surface area contributed by atoms with E-state index in [1.165, 1.54) is 39.9 Å². The second-order valence-corrected chi connectivity index (χ2v) is 14.3. The van der Waals surface area contributed by atoms with Crippen LogP contribution in [0.3, 0.4) is 0 Å². The number of ether oxygens (including phenoxy) is 1. The highest BCUT2D eigenvalue weighted by molar-refractivity contribution is 7.92. The lowest BCUT2D eigenvalue weighted by atomic mass is 9.81. The van der Waals surface area contributed by atoms with Crippen molar-refractivity contribution in [2.45, 2.75) is 69.9 Å². The number of thiophene rings is 1. The monoisotopic (exact) mass is 581 g/mol. The van der Waals surface area contributed by atoms with E-state index in [4.69, 9.17) is 4.74 Å². The van der Waals surface area contributed by atoms with Gasteiger partial charge in [-0.3, -0.25) is 9.10 Å². The van der Waals surface area contributed by atoms with Gasteiger partial charge in [-0.1, -0.05) is 18.2 Å². The Hall–Kier alpha value is -3.21. The van der Waals surface area contributed by atoms with Crippen molar-refractivity contribution in [1.82, 2.24) is 5.32 Å². The van der Waals surface area contributed by atoms with Gasteiger partial charge in [-0.2, -0.15) is 0 Å². The van der Waals surface area contributed by atoms with E-state index in [2.05, 4.69) is 38.3 Å². The number of hydrogen-bond donors (Lipinski definition) is 2. The number of esters is 1. The number of amides is 1. The molecule has 212 valence electrons. The third-order valence-electron chi connectivity index (χ3n) is 7.32. The summed E-state index contributed by atoms with van der Waals surface area (Å²) in [6, 6.07) is 13.5. The fourth-order valence-corrected chi connectivity index (χ4v) is 8.67. The van der Waals surface area contributed by atoms with E-state index in [1.807, 2.05) is 24.3 Å². The summed E-state index contributed by atoms with van der Waals surface area (Å²) in [4.78, 5) is 27.5. The molecule has 1 aromatic heterocycles. The lowest BCUT2D eigenvalue weighted by Gasteiger charge is -2.42. The Balaban J connectivity index is 1.43. The molecule has 2 aliphatic rings. The van der Waals surface area contributed by atoms with Crippen LogP contribution in [-0.2, 0) is 33.1 Å². The van der Waals surface area contributed by atoms with Crippen LogP contribution >= 0.6 is 11.3 Å². The van der Waals surface area contributed by atoms with Crippen molar-refractivity contribution in [3.63, 3.8) is 0 Å². The van der Waals surface area contributed by atoms with Gasteiger partial charge in [0.2, 0.25) is 0 Å². The van der Waals surface area contributed by atoms with Gasteiger partial charge in [0.1, 0.15) is 5.00 Å². The van der Waals surface area contributed by atoms with Gasteiger partial charge in [0, 0.05) is 28.1 Å². The number of fused-ring (bicyclic) bond motifs is 2. The molecule has 0 unspecified atom stereocenters. The molecule has 0 spiro atoms. The number of nitrogens with zero attached hydrogens (tertiary/aromatic N) is 1. The molecule has 0 radical (unpaired) electrons. The van der Waals surface area contributed by atoms with Crippen molar-refractivity contribution < 1.29 is 22.7 Å². The maximum Gasteiger partial charge on any atom is 0.341 e. The number of carbonyl (C=O) groups excluding carboxylic acids is 2. The molecule has 2 N–H and O–H groups in total.